The molecule has 3 heterocycles. The zero-order valence-corrected chi connectivity index (χ0v) is 20.4. The summed E-state index contributed by atoms with van der Waals surface area (Å²) < 4.78 is 7.88. The Kier molecular flexibility index (Phi) is 6.80. The number of para-hydroxylation sites is 1. The van der Waals surface area contributed by atoms with Crippen molar-refractivity contribution in [1.29, 1.82) is 0 Å². The second kappa shape index (κ2) is 10.3. The molecule has 0 saturated heterocycles. The molecule has 5 aromatic rings. The van der Waals surface area contributed by atoms with Gasteiger partial charge in [-0.1, -0.05) is 52.9 Å². The molecule has 35 heavy (non-hydrogen) atoms. The van der Waals surface area contributed by atoms with Crippen molar-refractivity contribution in [1.82, 2.24) is 25.1 Å². The van der Waals surface area contributed by atoms with E-state index < -0.39 is 0 Å². The lowest BCUT2D eigenvalue weighted by molar-refractivity contribution is -0.113. The molecule has 0 aliphatic heterocycles. The molecule has 0 saturated carbocycles. The third kappa shape index (κ3) is 5.37. The molecule has 0 fully saturated rings. The molecule has 9 nitrogen and oxygen atoms in total. The minimum atomic E-state index is -0.375. The molecule has 0 unspecified atom stereocenters. The van der Waals surface area contributed by atoms with E-state index >= 15 is 0 Å². The molecule has 0 radical (unpaired) electrons. The van der Waals surface area contributed by atoms with Crippen LogP contribution in [0.1, 0.15) is 16.4 Å². The fraction of sp³-hybridized carbons (Fsp3) is 0.0870. The Bertz CT molecular complexity index is 1470. The summed E-state index contributed by atoms with van der Waals surface area (Å²) in [7, 11) is 0. The van der Waals surface area contributed by atoms with E-state index in [1.807, 2.05) is 30.3 Å². The zero-order chi connectivity index (χ0) is 24.2. The van der Waals surface area contributed by atoms with E-state index in [2.05, 4.69) is 25.8 Å². The van der Waals surface area contributed by atoms with E-state index in [1.165, 1.54) is 29.4 Å². The van der Waals surface area contributed by atoms with Gasteiger partial charge in [0.15, 0.2) is 21.9 Å². The third-order valence-corrected chi connectivity index (χ3v) is 6.91. The number of nitrogens with zero attached hydrogens (tertiary/aromatic N) is 4. The largest absolute Gasteiger partial charge is 0.459 e. The second-order valence-electron chi connectivity index (χ2n) is 7.20. The number of anilines is 1. The Morgan fingerprint density at radius 3 is 2.77 bits per heavy atom. The first kappa shape index (κ1) is 23.1. The van der Waals surface area contributed by atoms with Crippen molar-refractivity contribution in [3.63, 3.8) is 0 Å². The van der Waals surface area contributed by atoms with E-state index in [-0.39, 0.29) is 29.9 Å². The summed E-state index contributed by atoms with van der Waals surface area (Å²) in [5.41, 5.74) is 1.54. The smallest absolute Gasteiger partial charge is 0.287 e. The van der Waals surface area contributed by atoms with Gasteiger partial charge in [0.05, 0.1) is 34.5 Å². The van der Waals surface area contributed by atoms with Crippen LogP contribution in [0.15, 0.2) is 76.5 Å². The average Bonchev–Trinajstić information content (AvgIpc) is 3.60. The van der Waals surface area contributed by atoms with Crippen LogP contribution < -0.4 is 10.6 Å². The third-order valence-electron chi connectivity index (χ3n) is 4.79. The summed E-state index contributed by atoms with van der Waals surface area (Å²) in [5, 5.41) is 15.6. The van der Waals surface area contributed by atoms with Gasteiger partial charge in [0.2, 0.25) is 5.91 Å². The first-order valence-corrected chi connectivity index (χ1v) is 12.5. The number of furan rings is 1. The number of hydrogen-bond acceptors (Lipinski definition) is 8. The van der Waals surface area contributed by atoms with E-state index in [0.29, 0.717) is 26.8 Å². The molecule has 2 aromatic carbocycles. The highest BCUT2D eigenvalue weighted by Crippen LogP contribution is 2.27. The van der Waals surface area contributed by atoms with Gasteiger partial charge in [0, 0.05) is 5.02 Å². The number of thiazole rings is 1. The minimum Gasteiger partial charge on any atom is -0.459 e. The van der Waals surface area contributed by atoms with Crippen molar-refractivity contribution in [3.8, 4) is 5.69 Å². The Labute approximate surface area is 212 Å². The Hall–Kier alpha value is -3.67. The van der Waals surface area contributed by atoms with Crippen LogP contribution in [-0.2, 0) is 11.3 Å². The molecule has 0 atom stereocenters. The summed E-state index contributed by atoms with van der Waals surface area (Å²) in [6, 6.07) is 18.1. The predicted octanol–water partition coefficient (Wildman–Crippen LogP) is 4.78. The normalized spacial score (nSPS) is 11.0. The van der Waals surface area contributed by atoms with Gasteiger partial charge in [-0.25, -0.2) is 4.98 Å². The van der Waals surface area contributed by atoms with Gasteiger partial charge in [0.25, 0.3) is 5.91 Å². The minimum absolute atomic E-state index is 0.0907. The van der Waals surface area contributed by atoms with Gasteiger partial charge in [-0.15, -0.1) is 10.2 Å². The number of carbonyl (C=O) groups is 2. The SMILES string of the molecule is O=C(CSc1nnc(CNC(=O)c2ccco2)n1-c1cccc(Cl)c1)Nc1nc2ccccc2s1. The maximum absolute atomic E-state index is 12.6. The number of fused-ring (bicyclic) bond motifs is 1. The van der Waals surface area contributed by atoms with Crippen molar-refractivity contribution in [2.75, 3.05) is 11.1 Å². The molecule has 176 valence electrons. The molecule has 2 amide bonds. The molecule has 0 spiro atoms. The maximum atomic E-state index is 12.6. The lowest BCUT2D eigenvalue weighted by Gasteiger charge is -2.11. The zero-order valence-electron chi connectivity index (χ0n) is 18.0. The van der Waals surface area contributed by atoms with Crippen LogP contribution in [0.5, 0.6) is 0 Å². The van der Waals surface area contributed by atoms with E-state index in [4.69, 9.17) is 16.0 Å². The quantitative estimate of drug-likeness (QED) is 0.280. The number of thioether (sulfide) groups is 1. The number of hydrogen-bond donors (Lipinski definition) is 2. The number of amides is 2. The van der Waals surface area contributed by atoms with Crippen molar-refractivity contribution < 1.29 is 14.0 Å². The Morgan fingerprint density at radius 2 is 1.97 bits per heavy atom. The Balaban J connectivity index is 1.31. The molecule has 2 N–H and O–H groups in total. The van der Waals surface area contributed by atoms with Crippen LogP contribution in [0, 0.1) is 0 Å². The maximum Gasteiger partial charge on any atom is 0.287 e. The molecule has 5 rings (SSSR count). The van der Waals surface area contributed by atoms with Crippen molar-refractivity contribution in [2.45, 2.75) is 11.7 Å². The van der Waals surface area contributed by atoms with Crippen LogP contribution in [0.3, 0.4) is 0 Å². The fourth-order valence-electron chi connectivity index (χ4n) is 3.25. The summed E-state index contributed by atoms with van der Waals surface area (Å²) in [5.74, 6) is 0.163. The summed E-state index contributed by atoms with van der Waals surface area (Å²) in [4.78, 5) is 29.3. The topological polar surface area (TPSA) is 115 Å². The summed E-state index contributed by atoms with van der Waals surface area (Å²) in [6.45, 7) is 0.0947. The lowest BCUT2D eigenvalue weighted by atomic mass is 10.3. The predicted molar refractivity (Wildman–Crippen MR) is 135 cm³/mol. The van der Waals surface area contributed by atoms with Gasteiger partial charge in [0.1, 0.15) is 0 Å². The number of nitrogens with one attached hydrogen (secondary N) is 2. The van der Waals surface area contributed by atoms with Crippen molar-refractivity contribution in [2.24, 2.45) is 0 Å². The summed E-state index contributed by atoms with van der Waals surface area (Å²) in [6.07, 6.45) is 1.43. The first-order valence-electron chi connectivity index (χ1n) is 10.4. The molecular weight excluding hydrogens is 508 g/mol. The average molecular weight is 525 g/mol. The molecule has 3 aromatic heterocycles. The standard InChI is InChI=1S/C23H17ClN6O3S2/c24-14-5-3-6-15(11-14)30-19(12-25-21(32)17-8-4-10-33-17)28-29-23(30)34-13-20(31)27-22-26-16-7-1-2-9-18(16)35-22/h1-11H,12-13H2,(H,25,32)(H,26,27,31). The Morgan fingerprint density at radius 1 is 1.09 bits per heavy atom. The van der Waals surface area contributed by atoms with E-state index in [9.17, 15) is 9.59 Å². The van der Waals surface area contributed by atoms with Crippen molar-refractivity contribution >= 4 is 61.9 Å². The molecule has 0 aliphatic rings. The van der Waals surface area contributed by atoms with Crippen LogP contribution in [0.4, 0.5) is 5.13 Å². The van der Waals surface area contributed by atoms with Gasteiger partial charge in [-0.2, -0.15) is 0 Å². The van der Waals surface area contributed by atoms with Gasteiger partial charge >= 0.3 is 0 Å². The number of carbonyl (C=O) groups excluding carboxylic acids is 2. The molecule has 12 heteroatoms. The van der Waals surface area contributed by atoms with Gasteiger partial charge in [-0.05, 0) is 42.5 Å². The van der Waals surface area contributed by atoms with Crippen LogP contribution in [0.2, 0.25) is 5.02 Å². The number of aromatic nitrogens is 4. The molecule has 0 aliphatic carbocycles. The van der Waals surface area contributed by atoms with E-state index in [0.717, 1.165) is 10.2 Å². The van der Waals surface area contributed by atoms with Gasteiger partial charge < -0.3 is 15.1 Å². The highest BCUT2D eigenvalue weighted by atomic mass is 35.5. The van der Waals surface area contributed by atoms with E-state index in [1.54, 1.807) is 34.9 Å². The second-order valence-corrected chi connectivity index (χ2v) is 9.61. The fourth-order valence-corrected chi connectivity index (χ4v) is 5.09. The molecular formula is C23H17ClN6O3S2. The van der Waals surface area contributed by atoms with Crippen LogP contribution in [-0.4, -0.2) is 37.3 Å². The first-order chi connectivity index (χ1) is 17.1. The van der Waals surface area contributed by atoms with Gasteiger partial charge in [-0.3, -0.25) is 14.2 Å². The van der Waals surface area contributed by atoms with Crippen LogP contribution >= 0.6 is 34.7 Å². The van der Waals surface area contributed by atoms with Crippen LogP contribution in [0.25, 0.3) is 15.9 Å². The number of benzene rings is 2. The highest BCUT2D eigenvalue weighted by molar-refractivity contribution is 7.99. The monoisotopic (exact) mass is 524 g/mol. The number of halogens is 1. The highest BCUT2D eigenvalue weighted by Gasteiger charge is 2.18. The summed E-state index contributed by atoms with van der Waals surface area (Å²) >= 11 is 8.83. The number of rotatable bonds is 8. The lowest BCUT2D eigenvalue weighted by Crippen LogP contribution is -2.24. The molecule has 0 bridgehead atoms. The van der Waals surface area contributed by atoms with Crippen molar-refractivity contribution in [3.05, 3.63) is 83.5 Å².